The van der Waals surface area contributed by atoms with Crippen LogP contribution in [-0.2, 0) is 11.3 Å². The summed E-state index contributed by atoms with van der Waals surface area (Å²) in [5.74, 6) is -0.150. The summed E-state index contributed by atoms with van der Waals surface area (Å²) >= 11 is 1.34. The van der Waals surface area contributed by atoms with E-state index in [9.17, 15) is 9.59 Å². The molecule has 0 saturated heterocycles. The van der Waals surface area contributed by atoms with Gasteiger partial charge < -0.3 is 14.0 Å². The summed E-state index contributed by atoms with van der Waals surface area (Å²) < 4.78 is 13.0. The second-order valence-corrected chi connectivity index (χ2v) is 6.84. The highest BCUT2D eigenvalue weighted by molar-refractivity contribution is 7.16. The first-order valence-electron chi connectivity index (χ1n) is 8.72. The van der Waals surface area contributed by atoms with Crippen LogP contribution in [-0.4, -0.2) is 30.2 Å². The van der Waals surface area contributed by atoms with Crippen molar-refractivity contribution in [1.29, 1.82) is 0 Å². The summed E-state index contributed by atoms with van der Waals surface area (Å²) in [5, 5.41) is 0. The standard InChI is InChI=1S/C21H20N2O4S/c1-4-11-23-17-10-9-15(20(25)27-5-2)13-18(17)28-21(23)22-19(24)14-7-6-8-16(12-14)26-3/h4,6-10,12-13H,1,5,11H2,2-3H3. The van der Waals surface area contributed by atoms with Crippen molar-refractivity contribution >= 4 is 33.4 Å². The number of aromatic nitrogens is 1. The number of esters is 1. The third-order valence-electron chi connectivity index (χ3n) is 4.02. The number of amides is 1. The maximum Gasteiger partial charge on any atom is 0.338 e. The van der Waals surface area contributed by atoms with E-state index in [1.807, 2.05) is 10.6 Å². The molecule has 0 N–H and O–H groups in total. The van der Waals surface area contributed by atoms with Gasteiger partial charge in [-0.15, -0.1) is 6.58 Å². The Morgan fingerprint density at radius 1 is 1.21 bits per heavy atom. The number of benzene rings is 2. The smallest absolute Gasteiger partial charge is 0.338 e. The molecule has 0 aliphatic rings. The zero-order valence-electron chi connectivity index (χ0n) is 15.7. The number of fused-ring (bicyclic) bond motifs is 1. The van der Waals surface area contributed by atoms with Gasteiger partial charge in [0.1, 0.15) is 5.75 Å². The third kappa shape index (κ3) is 4.04. The minimum atomic E-state index is -0.376. The Morgan fingerprint density at radius 3 is 2.75 bits per heavy atom. The number of carbonyl (C=O) groups is 2. The number of allylic oxidation sites excluding steroid dienone is 1. The Labute approximate surface area is 166 Å². The lowest BCUT2D eigenvalue weighted by molar-refractivity contribution is 0.0526. The van der Waals surface area contributed by atoms with E-state index in [1.165, 1.54) is 11.3 Å². The van der Waals surface area contributed by atoms with Crippen molar-refractivity contribution in [3.05, 3.63) is 71.0 Å². The summed E-state index contributed by atoms with van der Waals surface area (Å²) in [6.45, 7) is 6.35. The number of nitrogens with zero attached hydrogens (tertiary/aromatic N) is 2. The maximum atomic E-state index is 12.6. The van der Waals surface area contributed by atoms with Crippen molar-refractivity contribution in [3.8, 4) is 5.75 Å². The predicted octanol–water partition coefficient (Wildman–Crippen LogP) is 3.82. The fraction of sp³-hybridized carbons (Fsp3) is 0.190. The molecule has 1 amide bonds. The monoisotopic (exact) mass is 396 g/mol. The molecule has 1 aromatic heterocycles. The molecule has 0 spiro atoms. The van der Waals surface area contributed by atoms with Crippen LogP contribution in [0.1, 0.15) is 27.6 Å². The summed E-state index contributed by atoms with van der Waals surface area (Å²) in [4.78, 5) is 29.5. The first-order valence-corrected chi connectivity index (χ1v) is 9.53. The average Bonchev–Trinajstić information content (AvgIpc) is 3.04. The molecule has 0 aliphatic heterocycles. The van der Waals surface area contributed by atoms with Crippen LogP contribution in [0.4, 0.5) is 0 Å². The summed E-state index contributed by atoms with van der Waals surface area (Å²) in [7, 11) is 1.55. The van der Waals surface area contributed by atoms with E-state index >= 15 is 0 Å². The Balaban J connectivity index is 2.09. The van der Waals surface area contributed by atoms with Crippen LogP contribution in [0.5, 0.6) is 5.75 Å². The normalized spacial score (nSPS) is 11.4. The Hall–Kier alpha value is -3.19. The second-order valence-electron chi connectivity index (χ2n) is 5.84. The van der Waals surface area contributed by atoms with Gasteiger partial charge in [-0.3, -0.25) is 4.79 Å². The first-order chi connectivity index (χ1) is 13.6. The highest BCUT2D eigenvalue weighted by atomic mass is 32.1. The van der Waals surface area contributed by atoms with E-state index < -0.39 is 0 Å². The van der Waals surface area contributed by atoms with Crippen molar-refractivity contribution in [2.45, 2.75) is 13.5 Å². The van der Waals surface area contributed by atoms with E-state index in [-0.39, 0.29) is 11.9 Å². The topological polar surface area (TPSA) is 69.9 Å². The summed E-state index contributed by atoms with van der Waals surface area (Å²) in [5.41, 5.74) is 1.77. The Morgan fingerprint density at radius 2 is 2.04 bits per heavy atom. The quantitative estimate of drug-likeness (QED) is 0.469. The Kier molecular flexibility index (Phi) is 6.06. The number of thiazole rings is 1. The van der Waals surface area contributed by atoms with E-state index in [0.29, 0.717) is 34.8 Å². The predicted molar refractivity (Wildman–Crippen MR) is 109 cm³/mol. The molecule has 7 heteroatoms. The lowest BCUT2D eigenvalue weighted by Crippen LogP contribution is -2.16. The van der Waals surface area contributed by atoms with E-state index in [1.54, 1.807) is 56.5 Å². The third-order valence-corrected chi connectivity index (χ3v) is 5.06. The van der Waals surface area contributed by atoms with E-state index in [4.69, 9.17) is 9.47 Å². The van der Waals surface area contributed by atoms with Crippen molar-refractivity contribution < 1.29 is 19.1 Å². The van der Waals surface area contributed by atoms with Gasteiger partial charge in [0.05, 0.1) is 29.5 Å². The molecule has 0 atom stereocenters. The van der Waals surface area contributed by atoms with Crippen LogP contribution in [0.2, 0.25) is 0 Å². The highest BCUT2D eigenvalue weighted by Crippen LogP contribution is 2.20. The highest BCUT2D eigenvalue weighted by Gasteiger charge is 2.13. The van der Waals surface area contributed by atoms with Gasteiger partial charge in [0.25, 0.3) is 5.91 Å². The van der Waals surface area contributed by atoms with Crippen LogP contribution in [0.25, 0.3) is 10.2 Å². The molecule has 0 saturated carbocycles. The van der Waals surface area contributed by atoms with Gasteiger partial charge in [-0.05, 0) is 43.3 Å². The van der Waals surface area contributed by atoms with E-state index in [0.717, 1.165) is 10.2 Å². The van der Waals surface area contributed by atoms with Crippen LogP contribution in [0.15, 0.2) is 60.1 Å². The molecule has 3 rings (SSSR count). The number of methoxy groups -OCH3 is 1. The van der Waals surface area contributed by atoms with Gasteiger partial charge >= 0.3 is 5.97 Å². The number of hydrogen-bond acceptors (Lipinski definition) is 5. The lowest BCUT2D eigenvalue weighted by atomic mass is 10.2. The molecule has 6 nitrogen and oxygen atoms in total. The van der Waals surface area contributed by atoms with Crippen molar-refractivity contribution in [2.75, 3.05) is 13.7 Å². The molecule has 0 fully saturated rings. The largest absolute Gasteiger partial charge is 0.497 e. The van der Waals surface area contributed by atoms with Gasteiger partial charge in [0.15, 0.2) is 4.80 Å². The molecule has 0 unspecified atom stereocenters. The molecule has 1 heterocycles. The minimum absolute atomic E-state index is 0.313. The van der Waals surface area contributed by atoms with Gasteiger partial charge in [0.2, 0.25) is 0 Å². The molecule has 2 aromatic carbocycles. The molecule has 0 radical (unpaired) electrons. The molecule has 0 bridgehead atoms. The Bertz CT molecular complexity index is 1110. The molecular formula is C21H20N2O4S. The number of rotatable bonds is 6. The lowest BCUT2D eigenvalue weighted by Gasteiger charge is -2.03. The van der Waals surface area contributed by atoms with Gasteiger partial charge in [-0.25, -0.2) is 4.79 Å². The van der Waals surface area contributed by atoms with Gasteiger partial charge in [-0.2, -0.15) is 4.99 Å². The number of hydrogen-bond donors (Lipinski definition) is 0. The zero-order chi connectivity index (χ0) is 20.1. The fourth-order valence-electron chi connectivity index (χ4n) is 2.71. The number of carbonyl (C=O) groups excluding carboxylic acids is 2. The maximum absolute atomic E-state index is 12.6. The van der Waals surface area contributed by atoms with Crippen molar-refractivity contribution in [3.63, 3.8) is 0 Å². The SMILES string of the molecule is C=CCn1c(=NC(=O)c2cccc(OC)c2)sc2cc(C(=O)OCC)ccc21. The summed E-state index contributed by atoms with van der Waals surface area (Å²) in [6, 6.07) is 12.2. The molecule has 3 aromatic rings. The van der Waals surface area contributed by atoms with Crippen LogP contribution in [0, 0.1) is 0 Å². The molecular weight excluding hydrogens is 376 g/mol. The number of ether oxygens (including phenoxy) is 2. The molecule has 28 heavy (non-hydrogen) atoms. The fourth-order valence-corrected chi connectivity index (χ4v) is 3.79. The van der Waals surface area contributed by atoms with Crippen LogP contribution >= 0.6 is 11.3 Å². The van der Waals surface area contributed by atoms with Crippen molar-refractivity contribution in [2.24, 2.45) is 4.99 Å². The van der Waals surface area contributed by atoms with Crippen LogP contribution < -0.4 is 9.54 Å². The van der Waals surface area contributed by atoms with Gasteiger partial charge in [-0.1, -0.05) is 23.5 Å². The zero-order valence-corrected chi connectivity index (χ0v) is 16.5. The summed E-state index contributed by atoms with van der Waals surface area (Å²) in [6.07, 6.45) is 1.74. The molecule has 144 valence electrons. The van der Waals surface area contributed by atoms with Gasteiger partial charge in [0, 0.05) is 12.1 Å². The first kappa shape index (κ1) is 19.6. The minimum Gasteiger partial charge on any atom is -0.497 e. The van der Waals surface area contributed by atoms with Crippen molar-refractivity contribution in [1.82, 2.24) is 4.57 Å². The second kappa shape index (κ2) is 8.67. The average molecular weight is 396 g/mol. The van der Waals surface area contributed by atoms with Crippen LogP contribution in [0.3, 0.4) is 0 Å². The molecule has 0 aliphatic carbocycles. The van der Waals surface area contributed by atoms with E-state index in [2.05, 4.69) is 11.6 Å².